The largest absolute Gasteiger partial charge is 0.497 e. The third-order valence-electron chi connectivity index (χ3n) is 4.21. The van der Waals surface area contributed by atoms with Crippen molar-refractivity contribution in [2.24, 2.45) is 0 Å². The second-order valence-electron chi connectivity index (χ2n) is 6.25. The van der Waals surface area contributed by atoms with Gasteiger partial charge in [0.15, 0.2) is 0 Å². The molecule has 8 heteroatoms. The van der Waals surface area contributed by atoms with Crippen LogP contribution >= 0.6 is 0 Å². The van der Waals surface area contributed by atoms with E-state index in [1.54, 1.807) is 43.3 Å². The molecule has 0 radical (unpaired) electrons. The average Bonchev–Trinajstić information content (AvgIpc) is 2.71. The van der Waals surface area contributed by atoms with Gasteiger partial charge in [0.05, 0.1) is 17.7 Å². The van der Waals surface area contributed by atoms with E-state index in [0.717, 1.165) is 6.07 Å². The smallest absolute Gasteiger partial charge is 0.262 e. The van der Waals surface area contributed by atoms with Crippen LogP contribution in [0.15, 0.2) is 71.6 Å². The average molecular weight is 414 g/mol. The molecule has 0 saturated heterocycles. The first-order valence-corrected chi connectivity index (χ1v) is 10.1. The molecule has 0 aliphatic carbocycles. The standard InChI is InChI=1S/C21H19FN2O4S/c1-14-7-10-16(23-21(25)15-8-11-17(28-2)12-9-15)13-20(14)29(26,27)24-19-6-4-3-5-18(19)22/h3-13,24H,1-2H3,(H,23,25). The van der Waals surface area contributed by atoms with Gasteiger partial charge in [-0.3, -0.25) is 9.52 Å². The van der Waals surface area contributed by atoms with E-state index in [9.17, 15) is 17.6 Å². The molecule has 0 spiro atoms. The van der Waals surface area contributed by atoms with Gasteiger partial charge in [0.2, 0.25) is 0 Å². The molecule has 6 nitrogen and oxygen atoms in total. The molecule has 0 fully saturated rings. The maximum absolute atomic E-state index is 13.8. The molecule has 150 valence electrons. The highest BCUT2D eigenvalue weighted by molar-refractivity contribution is 7.92. The first-order chi connectivity index (χ1) is 13.8. The summed E-state index contributed by atoms with van der Waals surface area (Å²) in [6.45, 7) is 1.62. The van der Waals surface area contributed by atoms with Gasteiger partial charge >= 0.3 is 0 Å². The van der Waals surface area contributed by atoms with Crippen molar-refractivity contribution in [3.8, 4) is 5.75 Å². The Bertz CT molecular complexity index is 1150. The van der Waals surface area contributed by atoms with Gasteiger partial charge < -0.3 is 10.1 Å². The molecule has 29 heavy (non-hydrogen) atoms. The molecule has 3 aromatic rings. The topological polar surface area (TPSA) is 84.5 Å². The summed E-state index contributed by atoms with van der Waals surface area (Å²) >= 11 is 0. The normalized spacial score (nSPS) is 11.0. The molecule has 0 atom stereocenters. The van der Waals surface area contributed by atoms with Crippen molar-refractivity contribution in [2.75, 3.05) is 17.1 Å². The lowest BCUT2D eigenvalue weighted by Gasteiger charge is -2.13. The Morgan fingerprint density at radius 3 is 2.34 bits per heavy atom. The summed E-state index contributed by atoms with van der Waals surface area (Å²) < 4.78 is 46.6. The van der Waals surface area contributed by atoms with E-state index in [4.69, 9.17) is 4.74 Å². The molecular formula is C21H19FN2O4S. The van der Waals surface area contributed by atoms with Crippen LogP contribution in [0.1, 0.15) is 15.9 Å². The van der Waals surface area contributed by atoms with Crippen molar-refractivity contribution >= 4 is 27.3 Å². The minimum absolute atomic E-state index is 0.0618. The van der Waals surface area contributed by atoms with Crippen LogP contribution in [-0.2, 0) is 10.0 Å². The maximum Gasteiger partial charge on any atom is 0.262 e. The van der Waals surface area contributed by atoms with Crippen LogP contribution in [0.4, 0.5) is 15.8 Å². The Morgan fingerprint density at radius 1 is 1.00 bits per heavy atom. The van der Waals surface area contributed by atoms with Crippen LogP contribution in [0.2, 0.25) is 0 Å². The summed E-state index contributed by atoms with van der Waals surface area (Å²) in [7, 11) is -2.53. The summed E-state index contributed by atoms with van der Waals surface area (Å²) in [4.78, 5) is 12.4. The third-order valence-corrected chi connectivity index (χ3v) is 5.71. The van der Waals surface area contributed by atoms with E-state index in [1.165, 1.54) is 31.4 Å². The Balaban J connectivity index is 1.85. The summed E-state index contributed by atoms with van der Waals surface area (Å²) in [6.07, 6.45) is 0. The molecule has 0 aromatic heterocycles. The first-order valence-electron chi connectivity index (χ1n) is 8.63. The molecule has 0 heterocycles. The first kappa shape index (κ1) is 20.3. The third kappa shape index (κ3) is 4.72. The van der Waals surface area contributed by atoms with Crippen molar-refractivity contribution in [1.82, 2.24) is 0 Å². The number of ether oxygens (including phenoxy) is 1. The molecule has 0 bridgehead atoms. The fraction of sp³-hybridized carbons (Fsp3) is 0.0952. The van der Waals surface area contributed by atoms with Crippen molar-refractivity contribution in [1.29, 1.82) is 0 Å². The van der Waals surface area contributed by atoms with Crippen LogP contribution < -0.4 is 14.8 Å². The van der Waals surface area contributed by atoms with Gasteiger partial charge in [-0.05, 0) is 61.0 Å². The number of sulfonamides is 1. The van der Waals surface area contributed by atoms with Crippen LogP contribution in [-0.4, -0.2) is 21.4 Å². The number of amides is 1. The summed E-state index contributed by atoms with van der Waals surface area (Å²) in [5.41, 5.74) is 0.987. The molecule has 0 saturated carbocycles. The highest BCUT2D eigenvalue weighted by atomic mass is 32.2. The molecule has 3 rings (SSSR count). The van der Waals surface area contributed by atoms with Gasteiger partial charge in [0, 0.05) is 11.3 Å². The van der Waals surface area contributed by atoms with Crippen LogP contribution in [0.3, 0.4) is 0 Å². The molecule has 0 aliphatic rings. The Kier molecular flexibility index (Phi) is 5.84. The van der Waals surface area contributed by atoms with Gasteiger partial charge in [-0.15, -0.1) is 0 Å². The minimum atomic E-state index is -4.06. The SMILES string of the molecule is COc1ccc(C(=O)Nc2ccc(C)c(S(=O)(=O)Nc3ccccc3F)c2)cc1. The number of hydrogen-bond acceptors (Lipinski definition) is 4. The zero-order valence-electron chi connectivity index (χ0n) is 15.8. The number of rotatable bonds is 6. The summed E-state index contributed by atoms with van der Waals surface area (Å²) in [5.74, 6) is -0.468. The van der Waals surface area contributed by atoms with E-state index in [2.05, 4.69) is 10.0 Å². The minimum Gasteiger partial charge on any atom is -0.497 e. The number of aryl methyl sites for hydroxylation is 1. The van der Waals surface area contributed by atoms with Crippen LogP contribution in [0.5, 0.6) is 5.75 Å². The number of benzene rings is 3. The van der Waals surface area contributed by atoms with E-state index >= 15 is 0 Å². The zero-order chi connectivity index (χ0) is 21.0. The molecule has 0 aliphatic heterocycles. The second kappa shape index (κ2) is 8.32. The van der Waals surface area contributed by atoms with Gasteiger partial charge in [0.1, 0.15) is 11.6 Å². The molecular weight excluding hydrogens is 395 g/mol. The van der Waals surface area contributed by atoms with Gasteiger partial charge in [-0.1, -0.05) is 18.2 Å². The molecule has 3 aromatic carbocycles. The van der Waals surface area contributed by atoms with Gasteiger partial charge in [-0.25, -0.2) is 12.8 Å². The predicted molar refractivity (Wildman–Crippen MR) is 109 cm³/mol. The zero-order valence-corrected chi connectivity index (χ0v) is 16.6. The fourth-order valence-corrected chi connectivity index (χ4v) is 4.00. The lowest BCUT2D eigenvalue weighted by Crippen LogP contribution is -2.17. The fourth-order valence-electron chi connectivity index (χ4n) is 2.66. The maximum atomic E-state index is 13.8. The Morgan fingerprint density at radius 2 is 1.69 bits per heavy atom. The van der Waals surface area contributed by atoms with Gasteiger partial charge in [-0.2, -0.15) is 0 Å². The number of para-hydroxylation sites is 1. The van der Waals surface area contributed by atoms with Crippen molar-refractivity contribution in [2.45, 2.75) is 11.8 Å². The van der Waals surface area contributed by atoms with E-state index in [-0.39, 0.29) is 10.6 Å². The Labute approximate surface area is 168 Å². The van der Waals surface area contributed by atoms with Crippen LogP contribution in [0.25, 0.3) is 0 Å². The molecule has 1 amide bonds. The predicted octanol–water partition coefficient (Wildman–Crippen LogP) is 4.20. The number of carbonyl (C=O) groups excluding carboxylic acids is 1. The van der Waals surface area contributed by atoms with Crippen molar-refractivity contribution in [3.05, 3.63) is 83.7 Å². The van der Waals surface area contributed by atoms with E-state index in [0.29, 0.717) is 22.6 Å². The number of halogens is 1. The lowest BCUT2D eigenvalue weighted by molar-refractivity contribution is 0.102. The van der Waals surface area contributed by atoms with Crippen LogP contribution in [0, 0.1) is 12.7 Å². The number of carbonyl (C=O) groups is 1. The summed E-state index contributed by atoms with van der Waals surface area (Å²) in [5, 5.41) is 2.66. The summed E-state index contributed by atoms with van der Waals surface area (Å²) in [6, 6.07) is 16.5. The second-order valence-corrected chi connectivity index (χ2v) is 7.90. The van der Waals surface area contributed by atoms with E-state index in [1.807, 2.05) is 0 Å². The highest BCUT2D eigenvalue weighted by Crippen LogP contribution is 2.24. The quantitative estimate of drug-likeness (QED) is 0.633. The van der Waals surface area contributed by atoms with Gasteiger partial charge in [0.25, 0.3) is 15.9 Å². The number of nitrogens with one attached hydrogen (secondary N) is 2. The highest BCUT2D eigenvalue weighted by Gasteiger charge is 2.20. The Hall–Kier alpha value is -3.39. The van der Waals surface area contributed by atoms with Crippen molar-refractivity contribution in [3.63, 3.8) is 0 Å². The van der Waals surface area contributed by atoms with Crippen molar-refractivity contribution < 1.29 is 22.3 Å². The van der Waals surface area contributed by atoms with E-state index < -0.39 is 21.7 Å². The number of hydrogen-bond donors (Lipinski definition) is 2. The monoisotopic (exact) mass is 414 g/mol. The number of anilines is 2. The lowest BCUT2D eigenvalue weighted by atomic mass is 10.2. The molecule has 0 unspecified atom stereocenters. The number of methoxy groups -OCH3 is 1. The molecule has 2 N–H and O–H groups in total.